The van der Waals surface area contributed by atoms with Gasteiger partial charge in [0.25, 0.3) is 0 Å². The van der Waals surface area contributed by atoms with Crippen LogP contribution in [0.1, 0.15) is 34.6 Å². The molecule has 0 aromatic rings. The van der Waals surface area contributed by atoms with E-state index in [1.807, 2.05) is 13.8 Å². The van der Waals surface area contributed by atoms with Crippen molar-refractivity contribution in [2.24, 2.45) is 17.8 Å². The first-order valence-corrected chi connectivity index (χ1v) is 9.12. The highest BCUT2D eigenvalue weighted by Crippen LogP contribution is 2.32. The third-order valence-corrected chi connectivity index (χ3v) is 4.66. The quantitative estimate of drug-likeness (QED) is 0.473. The molecule has 0 aliphatic carbocycles. The monoisotopic (exact) mass is 385 g/mol. The van der Waals surface area contributed by atoms with Gasteiger partial charge in [-0.15, -0.1) is 0 Å². The van der Waals surface area contributed by atoms with Gasteiger partial charge < -0.3 is 24.3 Å². The zero-order valence-electron chi connectivity index (χ0n) is 16.7. The Morgan fingerprint density at radius 1 is 1.19 bits per heavy atom. The van der Waals surface area contributed by atoms with Crippen LogP contribution in [-0.2, 0) is 33.3 Å². The molecule has 8 heteroatoms. The summed E-state index contributed by atoms with van der Waals surface area (Å²) >= 11 is 0. The summed E-state index contributed by atoms with van der Waals surface area (Å²) in [7, 11) is 0. The molecule has 1 rings (SSSR count). The first kappa shape index (κ1) is 23.1. The molecule has 1 aliphatic heterocycles. The van der Waals surface area contributed by atoms with Crippen molar-refractivity contribution in [1.82, 2.24) is 5.32 Å². The molecule has 1 N–H and O–H groups in total. The molecule has 27 heavy (non-hydrogen) atoms. The average molecular weight is 385 g/mol. The van der Waals surface area contributed by atoms with E-state index >= 15 is 0 Å². The average Bonchev–Trinajstić information content (AvgIpc) is 2.61. The zero-order valence-corrected chi connectivity index (χ0v) is 16.7. The lowest BCUT2D eigenvalue weighted by Gasteiger charge is -2.44. The van der Waals surface area contributed by atoms with Gasteiger partial charge in [0.1, 0.15) is 13.2 Å². The van der Waals surface area contributed by atoms with E-state index in [9.17, 15) is 14.4 Å². The third kappa shape index (κ3) is 7.30. The first-order chi connectivity index (χ1) is 12.7. The number of carbonyl (C=O) groups excluding carboxylic acids is 3. The fraction of sp³-hybridized carbons (Fsp3) is 0.737. The van der Waals surface area contributed by atoms with Crippen molar-refractivity contribution in [2.45, 2.75) is 53.1 Å². The summed E-state index contributed by atoms with van der Waals surface area (Å²) in [6.45, 7) is 12.2. The Morgan fingerprint density at radius 3 is 2.41 bits per heavy atom. The maximum absolute atomic E-state index is 11.9. The smallest absolute Gasteiger partial charge is 0.311 e. The molecule has 1 saturated heterocycles. The lowest BCUT2D eigenvalue weighted by atomic mass is 9.82. The van der Waals surface area contributed by atoms with E-state index in [0.29, 0.717) is 0 Å². The van der Waals surface area contributed by atoms with Gasteiger partial charge in [0.2, 0.25) is 5.91 Å². The van der Waals surface area contributed by atoms with E-state index in [-0.39, 0.29) is 49.7 Å². The molecule has 0 aromatic carbocycles. The molecule has 1 amide bonds. The molecule has 8 nitrogen and oxygen atoms in total. The lowest BCUT2D eigenvalue weighted by molar-refractivity contribution is -0.247. The predicted molar refractivity (Wildman–Crippen MR) is 97.5 cm³/mol. The van der Waals surface area contributed by atoms with Crippen molar-refractivity contribution < 1.29 is 33.3 Å². The van der Waals surface area contributed by atoms with Crippen LogP contribution in [-0.4, -0.2) is 56.1 Å². The SMILES string of the molecule is C=CCOC(=O)[C@@H](C)CO[C@@H]1OC(COC(C)=O)[C@H](C)[C@H](C)C1NC(C)=O. The fourth-order valence-electron chi connectivity index (χ4n) is 2.85. The summed E-state index contributed by atoms with van der Waals surface area (Å²) < 4.78 is 21.9. The Bertz CT molecular complexity index is 534. The maximum atomic E-state index is 11.9. The molecule has 1 fully saturated rings. The number of hydrogen-bond acceptors (Lipinski definition) is 7. The Labute approximate surface area is 160 Å². The summed E-state index contributed by atoms with van der Waals surface area (Å²) in [4.78, 5) is 34.6. The molecule has 154 valence electrons. The van der Waals surface area contributed by atoms with Crippen molar-refractivity contribution in [3.63, 3.8) is 0 Å². The summed E-state index contributed by atoms with van der Waals surface area (Å²) in [5.41, 5.74) is 0. The van der Waals surface area contributed by atoms with E-state index in [1.165, 1.54) is 19.9 Å². The molecule has 0 bridgehead atoms. The van der Waals surface area contributed by atoms with Crippen LogP contribution >= 0.6 is 0 Å². The van der Waals surface area contributed by atoms with E-state index in [2.05, 4.69) is 11.9 Å². The highest BCUT2D eigenvalue weighted by molar-refractivity contribution is 5.73. The van der Waals surface area contributed by atoms with Crippen LogP contribution in [0.15, 0.2) is 12.7 Å². The molecule has 0 saturated carbocycles. The summed E-state index contributed by atoms with van der Waals surface area (Å²) in [5.74, 6) is -1.47. The van der Waals surface area contributed by atoms with Crippen molar-refractivity contribution in [2.75, 3.05) is 19.8 Å². The summed E-state index contributed by atoms with van der Waals surface area (Å²) in [5, 5.41) is 2.86. The fourth-order valence-corrected chi connectivity index (χ4v) is 2.85. The maximum Gasteiger partial charge on any atom is 0.311 e. The highest BCUT2D eigenvalue weighted by Gasteiger charge is 2.43. The van der Waals surface area contributed by atoms with Crippen LogP contribution < -0.4 is 5.32 Å². The van der Waals surface area contributed by atoms with Crippen molar-refractivity contribution in [3.8, 4) is 0 Å². The number of nitrogens with one attached hydrogen (secondary N) is 1. The second-order valence-electron chi connectivity index (χ2n) is 6.94. The third-order valence-electron chi connectivity index (χ3n) is 4.66. The van der Waals surface area contributed by atoms with Crippen LogP contribution in [0.2, 0.25) is 0 Å². The Morgan fingerprint density at radius 2 is 1.85 bits per heavy atom. The van der Waals surface area contributed by atoms with Gasteiger partial charge in [-0.3, -0.25) is 14.4 Å². The van der Waals surface area contributed by atoms with E-state index in [4.69, 9.17) is 18.9 Å². The highest BCUT2D eigenvalue weighted by atomic mass is 16.7. The predicted octanol–water partition coefficient (Wildman–Crippen LogP) is 1.43. The van der Waals surface area contributed by atoms with Gasteiger partial charge in [-0.25, -0.2) is 0 Å². The van der Waals surface area contributed by atoms with E-state index < -0.39 is 24.1 Å². The second kappa shape index (κ2) is 11.0. The molecule has 1 aliphatic rings. The Hall–Kier alpha value is -1.93. The largest absolute Gasteiger partial charge is 0.463 e. The summed E-state index contributed by atoms with van der Waals surface area (Å²) in [6.07, 6.45) is 0.350. The van der Waals surface area contributed by atoms with Crippen molar-refractivity contribution in [3.05, 3.63) is 12.7 Å². The number of rotatable bonds is 9. The number of esters is 2. The Kier molecular flexibility index (Phi) is 9.45. The van der Waals surface area contributed by atoms with Gasteiger partial charge in [0.15, 0.2) is 6.29 Å². The molecule has 0 radical (unpaired) electrons. The molecular weight excluding hydrogens is 354 g/mol. The molecule has 2 unspecified atom stereocenters. The second-order valence-corrected chi connectivity index (χ2v) is 6.94. The summed E-state index contributed by atoms with van der Waals surface area (Å²) in [6, 6.07) is -0.387. The molecule has 1 heterocycles. The topological polar surface area (TPSA) is 100 Å². The molecule has 0 aromatic heterocycles. The van der Waals surface area contributed by atoms with Gasteiger partial charge >= 0.3 is 11.9 Å². The van der Waals surface area contributed by atoms with Gasteiger partial charge in [0.05, 0.1) is 24.7 Å². The van der Waals surface area contributed by atoms with Crippen LogP contribution in [0.25, 0.3) is 0 Å². The van der Waals surface area contributed by atoms with Crippen LogP contribution in [0.4, 0.5) is 0 Å². The van der Waals surface area contributed by atoms with Crippen molar-refractivity contribution in [1.29, 1.82) is 0 Å². The lowest BCUT2D eigenvalue weighted by Crippen LogP contribution is -2.58. The number of amides is 1. The minimum absolute atomic E-state index is 0.0104. The molecular formula is C19H31NO7. The van der Waals surface area contributed by atoms with E-state index in [1.54, 1.807) is 6.92 Å². The van der Waals surface area contributed by atoms with Gasteiger partial charge in [-0.05, 0) is 18.8 Å². The number of ether oxygens (including phenoxy) is 4. The van der Waals surface area contributed by atoms with Gasteiger partial charge in [0, 0.05) is 13.8 Å². The minimum Gasteiger partial charge on any atom is -0.463 e. The minimum atomic E-state index is -0.768. The van der Waals surface area contributed by atoms with Gasteiger partial charge in [-0.2, -0.15) is 0 Å². The van der Waals surface area contributed by atoms with Crippen LogP contribution in [0, 0.1) is 17.8 Å². The first-order valence-electron chi connectivity index (χ1n) is 9.12. The number of hydrogen-bond donors (Lipinski definition) is 1. The molecule has 0 spiro atoms. The number of carbonyl (C=O) groups is 3. The van der Waals surface area contributed by atoms with Crippen LogP contribution in [0.3, 0.4) is 0 Å². The van der Waals surface area contributed by atoms with E-state index in [0.717, 1.165) is 0 Å². The van der Waals surface area contributed by atoms with Crippen molar-refractivity contribution >= 4 is 17.8 Å². The zero-order chi connectivity index (χ0) is 20.6. The van der Waals surface area contributed by atoms with Crippen LogP contribution in [0.5, 0.6) is 0 Å². The standard InChI is InChI=1S/C19H31NO7/c1-7-8-24-18(23)11(2)9-26-19-17(20-14(5)21)13(4)12(3)16(27-19)10-25-15(6)22/h7,11-13,16-17,19H,1,8-10H2,2-6H3,(H,20,21)/t11-,12+,13-,16?,17?,19+/m0/s1. The molecule has 6 atom stereocenters. The van der Waals surface area contributed by atoms with Gasteiger partial charge in [-0.1, -0.05) is 26.5 Å². The normalized spacial score (nSPS) is 28.7. The Balaban J connectivity index is 2.78.